The Bertz CT molecular complexity index is 250. The van der Waals surface area contributed by atoms with Crippen molar-refractivity contribution in [1.82, 2.24) is 0 Å². The molecule has 1 saturated carbocycles. The maximum atomic E-state index is 6.34. The minimum absolute atomic E-state index is 0.329. The minimum Gasteiger partial charge on any atom is -0.417 e. The summed E-state index contributed by atoms with van der Waals surface area (Å²) in [5.41, 5.74) is 5.99. The predicted molar refractivity (Wildman–Crippen MR) is 82.2 cm³/mol. The number of hydrogen-bond donors (Lipinski definition) is 1. The molecule has 0 radical (unpaired) electrons. The Balaban J connectivity index is 2.34. The predicted octanol–water partition coefficient (Wildman–Crippen LogP) is 4.16. The Morgan fingerprint density at radius 1 is 1.17 bits per heavy atom. The fourth-order valence-corrected chi connectivity index (χ4v) is 3.51. The largest absolute Gasteiger partial charge is 0.417 e. The molecule has 0 amide bonds. The summed E-state index contributed by atoms with van der Waals surface area (Å²) in [5, 5.41) is 0.329. The second kappa shape index (κ2) is 6.06. The molecule has 0 aliphatic heterocycles. The molecule has 2 N–H and O–H groups in total. The summed E-state index contributed by atoms with van der Waals surface area (Å²) >= 11 is 0. The Morgan fingerprint density at radius 3 is 2.06 bits per heavy atom. The highest BCUT2D eigenvalue weighted by Crippen LogP contribution is 2.38. The van der Waals surface area contributed by atoms with Gasteiger partial charge in [-0.15, -0.1) is 0 Å². The molecule has 2 nitrogen and oxygen atoms in total. The van der Waals surface area contributed by atoms with Crippen LogP contribution in [-0.2, 0) is 4.43 Å². The lowest BCUT2D eigenvalue weighted by Crippen LogP contribution is -2.42. The van der Waals surface area contributed by atoms with E-state index in [1.54, 1.807) is 0 Å². The van der Waals surface area contributed by atoms with Crippen LogP contribution in [0.5, 0.6) is 0 Å². The van der Waals surface area contributed by atoms with Crippen LogP contribution in [-0.4, -0.2) is 21.0 Å². The highest BCUT2D eigenvalue weighted by atomic mass is 28.4. The lowest BCUT2D eigenvalue weighted by Gasteiger charge is -2.38. The van der Waals surface area contributed by atoms with Gasteiger partial charge in [0.25, 0.3) is 0 Å². The number of nitrogens with two attached hydrogens (primary N) is 1. The number of hydrogen-bond acceptors (Lipinski definition) is 2. The molecule has 1 fully saturated rings. The zero-order valence-corrected chi connectivity index (χ0v) is 14.3. The fraction of sp³-hybridized carbons (Fsp3) is 1.00. The average molecular weight is 272 g/mol. The van der Waals surface area contributed by atoms with Crippen LogP contribution < -0.4 is 5.73 Å². The molecule has 1 atom stereocenters. The molecule has 1 rings (SSSR count). The van der Waals surface area contributed by atoms with Crippen LogP contribution in [0.2, 0.25) is 18.1 Å². The third-order valence-corrected chi connectivity index (χ3v) is 9.62. The third kappa shape index (κ3) is 4.36. The quantitative estimate of drug-likeness (QED) is 0.779. The summed E-state index contributed by atoms with van der Waals surface area (Å²) in [7, 11) is -1.55. The van der Waals surface area contributed by atoms with E-state index in [4.69, 9.17) is 10.2 Å². The fourth-order valence-electron chi connectivity index (χ4n) is 2.42. The van der Waals surface area contributed by atoms with Gasteiger partial charge in [-0.3, -0.25) is 0 Å². The van der Waals surface area contributed by atoms with Crippen LogP contribution >= 0.6 is 0 Å². The summed E-state index contributed by atoms with van der Waals surface area (Å²) in [6, 6.07) is 0.368. The molecule has 108 valence electrons. The topological polar surface area (TPSA) is 35.2 Å². The standard InChI is InChI=1S/C15H33NOSi/c1-12(16)14-9-7-13(8-10-14)11-17-18(5,6)15(2,3)4/h12-14H,7-11,16H2,1-6H3/t12-,13?,14?/m1/s1. The van der Waals surface area contributed by atoms with Gasteiger partial charge >= 0.3 is 0 Å². The normalized spacial score (nSPS) is 28.2. The molecule has 0 aromatic carbocycles. The van der Waals surface area contributed by atoms with E-state index >= 15 is 0 Å². The second-order valence-electron chi connectivity index (χ2n) is 7.71. The van der Waals surface area contributed by atoms with E-state index in [2.05, 4.69) is 40.8 Å². The first-order valence-corrected chi connectivity index (χ1v) is 10.4. The van der Waals surface area contributed by atoms with E-state index in [1.807, 2.05) is 0 Å². The van der Waals surface area contributed by atoms with Gasteiger partial charge in [0.1, 0.15) is 0 Å². The van der Waals surface area contributed by atoms with Crippen molar-refractivity contribution < 1.29 is 4.43 Å². The molecule has 0 saturated heterocycles. The first kappa shape index (κ1) is 16.2. The molecule has 1 aliphatic rings. The molecule has 0 bridgehead atoms. The van der Waals surface area contributed by atoms with E-state index in [0.29, 0.717) is 11.1 Å². The van der Waals surface area contributed by atoms with Crippen LogP contribution in [0.3, 0.4) is 0 Å². The van der Waals surface area contributed by atoms with Gasteiger partial charge < -0.3 is 10.2 Å². The van der Waals surface area contributed by atoms with Gasteiger partial charge in [0.05, 0.1) is 0 Å². The van der Waals surface area contributed by atoms with Crippen LogP contribution in [0.4, 0.5) is 0 Å². The van der Waals surface area contributed by atoms with Crippen molar-refractivity contribution in [3.8, 4) is 0 Å². The Kier molecular flexibility index (Phi) is 5.45. The molecule has 0 aromatic heterocycles. The van der Waals surface area contributed by atoms with Crippen LogP contribution in [0.1, 0.15) is 53.4 Å². The van der Waals surface area contributed by atoms with Crippen molar-refractivity contribution in [2.75, 3.05) is 6.61 Å². The van der Waals surface area contributed by atoms with Gasteiger partial charge in [0, 0.05) is 12.6 Å². The maximum Gasteiger partial charge on any atom is 0.191 e. The van der Waals surface area contributed by atoms with E-state index in [-0.39, 0.29) is 0 Å². The van der Waals surface area contributed by atoms with E-state index < -0.39 is 8.32 Å². The van der Waals surface area contributed by atoms with Crippen LogP contribution in [0.15, 0.2) is 0 Å². The molecular formula is C15H33NOSi. The molecule has 0 unspecified atom stereocenters. The van der Waals surface area contributed by atoms with Gasteiger partial charge in [-0.25, -0.2) is 0 Å². The van der Waals surface area contributed by atoms with E-state index in [9.17, 15) is 0 Å². The summed E-state index contributed by atoms with van der Waals surface area (Å²) < 4.78 is 6.34. The lowest BCUT2D eigenvalue weighted by molar-refractivity contribution is 0.163. The summed E-state index contributed by atoms with van der Waals surface area (Å²) in [4.78, 5) is 0. The monoisotopic (exact) mass is 271 g/mol. The molecule has 18 heavy (non-hydrogen) atoms. The lowest BCUT2D eigenvalue weighted by atomic mass is 9.79. The molecule has 0 heterocycles. The summed E-state index contributed by atoms with van der Waals surface area (Å²) in [5.74, 6) is 1.52. The van der Waals surface area contributed by atoms with Gasteiger partial charge in [-0.2, -0.15) is 0 Å². The van der Waals surface area contributed by atoms with Crippen molar-refractivity contribution in [3.63, 3.8) is 0 Å². The molecule has 0 spiro atoms. The van der Waals surface area contributed by atoms with Gasteiger partial charge in [0.15, 0.2) is 8.32 Å². The Hall–Kier alpha value is 0.137. The minimum atomic E-state index is -1.55. The third-order valence-electron chi connectivity index (χ3n) is 5.12. The SMILES string of the molecule is C[C@@H](N)C1CCC(CO[Si](C)(C)C(C)(C)C)CC1. The highest BCUT2D eigenvalue weighted by Gasteiger charge is 2.37. The molecule has 3 heteroatoms. The average Bonchev–Trinajstić information content (AvgIpc) is 2.25. The van der Waals surface area contributed by atoms with Gasteiger partial charge in [0.2, 0.25) is 0 Å². The van der Waals surface area contributed by atoms with Gasteiger partial charge in [-0.1, -0.05) is 20.8 Å². The summed E-state index contributed by atoms with van der Waals surface area (Å²) in [6.07, 6.45) is 5.20. The van der Waals surface area contributed by atoms with Crippen molar-refractivity contribution >= 4 is 8.32 Å². The molecule has 0 aromatic rings. The number of rotatable bonds is 4. The first-order chi connectivity index (χ1) is 8.13. The smallest absolute Gasteiger partial charge is 0.191 e. The van der Waals surface area contributed by atoms with Crippen molar-refractivity contribution in [1.29, 1.82) is 0 Å². The van der Waals surface area contributed by atoms with Crippen molar-refractivity contribution in [2.24, 2.45) is 17.6 Å². The van der Waals surface area contributed by atoms with Crippen LogP contribution in [0.25, 0.3) is 0 Å². The second-order valence-corrected chi connectivity index (χ2v) is 12.5. The summed E-state index contributed by atoms with van der Waals surface area (Å²) in [6.45, 7) is 14.8. The van der Waals surface area contributed by atoms with E-state index in [1.165, 1.54) is 25.7 Å². The Labute approximate surface area is 115 Å². The highest BCUT2D eigenvalue weighted by molar-refractivity contribution is 6.74. The van der Waals surface area contributed by atoms with Gasteiger partial charge in [-0.05, 0) is 62.6 Å². The van der Waals surface area contributed by atoms with E-state index in [0.717, 1.165) is 18.4 Å². The zero-order chi connectivity index (χ0) is 14.0. The maximum absolute atomic E-state index is 6.34. The zero-order valence-electron chi connectivity index (χ0n) is 13.3. The van der Waals surface area contributed by atoms with Crippen molar-refractivity contribution in [3.05, 3.63) is 0 Å². The molecule has 1 aliphatic carbocycles. The van der Waals surface area contributed by atoms with Crippen LogP contribution in [0, 0.1) is 11.8 Å². The Morgan fingerprint density at radius 2 is 1.67 bits per heavy atom. The van der Waals surface area contributed by atoms with Crippen molar-refractivity contribution in [2.45, 2.75) is 77.6 Å². The molecular weight excluding hydrogens is 238 g/mol. The first-order valence-electron chi connectivity index (χ1n) is 7.53.